The maximum atomic E-state index is 12.5. The van der Waals surface area contributed by atoms with E-state index in [1.165, 1.54) is 24.3 Å². The number of ether oxygens (including phenoxy) is 2. The molecule has 0 radical (unpaired) electrons. The van der Waals surface area contributed by atoms with Gasteiger partial charge < -0.3 is 15.2 Å². The van der Waals surface area contributed by atoms with Gasteiger partial charge in [-0.1, -0.05) is 24.3 Å². The summed E-state index contributed by atoms with van der Waals surface area (Å²) in [6, 6.07) is 8.44. The van der Waals surface area contributed by atoms with Crippen molar-refractivity contribution in [1.29, 1.82) is 0 Å². The molecular weight excluding hydrogens is 458 g/mol. The molecule has 3 N–H and O–H groups in total. The molecule has 0 spiro atoms. The molecule has 0 heterocycles. The molecule has 0 saturated heterocycles. The second-order valence-electron chi connectivity index (χ2n) is 5.21. The number of nitrogens with two attached hydrogens (primary N) is 1. The molecule has 0 aliphatic heterocycles. The summed E-state index contributed by atoms with van der Waals surface area (Å²) in [5, 5.41) is 0. The molecule has 0 amide bonds. The Morgan fingerprint density at radius 2 is 1.27 bits per heavy atom. The van der Waals surface area contributed by atoms with Gasteiger partial charge in [0.05, 0.1) is 0 Å². The normalized spacial score (nSPS) is 12.8. The van der Waals surface area contributed by atoms with E-state index in [1.807, 2.05) is 0 Å². The summed E-state index contributed by atoms with van der Waals surface area (Å²) in [4.78, 5) is -1.59. The van der Waals surface area contributed by atoms with Gasteiger partial charge in [-0.05, 0) is 24.3 Å². The quantitative estimate of drug-likeness (QED) is 0.341. The highest BCUT2D eigenvalue weighted by Crippen LogP contribution is 2.27. The molecule has 9 nitrogen and oxygen atoms in total. The number of halogens is 4. The zero-order chi connectivity index (χ0) is 22.5. The van der Waals surface area contributed by atoms with Gasteiger partial charge in [0.15, 0.2) is 0 Å². The Labute approximate surface area is 168 Å². The highest BCUT2D eigenvalue weighted by atomic mass is 32.2. The highest BCUT2D eigenvalue weighted by Gasteiger charge is 2.25. The number of hydrogen-bond acceptors (Lipinski definition) is 6. The van der Waals surface area contributed by atoms with Crippen LogP contribution in [0.2, 0.25) is 0 Å². The fourth-order valence-electron chi connectivity index (χ4n) is 2.11. The number of nitrogens with zero attached hydrogens (tertiary/aromatic N) is 1. The molecule has 0 bridgehead atoms. The summed E-state index contributed by atoms with van der Waals surface area (Å²) in [6.07, 6.45) is 0. The van der Waals surface area contributed by atoms with Crippen LogP contribution in [0.25, 0.3) is 0 Å². The van der Waals surface area contributed by atoms with Crippen molar-refractivity contribution in [3.63, 3.8) is 0 Å². The van der Waals surface area contributed by atoms with Crippen LogP contribution in [0.5, 0.6) is 11.5 Å². The third-order valence-corrected chi connectivity index (χ3v) is 5.88. The van der Waals surface area contributed by atoms with Gasteiger partial charge >= 0.3 is 13.2 Å². The third-order valence-electron chi connectivity index (χ3n) is 3.16. The smallest absolute Gasteiger partial charge is 0.387 e. The van der Waals surface area contributed by atoms with Crippen molar-refractivity contribution in [2.24, 2.45) is 10.1 Å². The Morgan fingerprint density at radius 3 is 1.77 bits per heavy atom. The molecule has 2 aromatic rings. The van der Waals surface area contributed by atoms with Crippen LogP contribution >= 0.6 is 0 Å². The van der Waals surface area contributed by atoms with E-state index < -0.39 is 60.5 Å². The minimum Gasteiger partial charge on any atom is -0.433 e. The summed E-state index contributed by atoms with van der Waals surface area (Å²) >= 11 is 0. The van der Waals surface area contributed by atoms with E-state index in [1.54, 1.807) is 4.72 Å². The fourth-order valence-corrected chi connectivity index (χ4v) is 4.26. The van der Waals surface area contributed by atoms with Crippen molar-refractivity contribution in [1.82, 2.24) is 4.72 Å². The SMILES string of the molecule is NC(=NS(=O)(=O)c1ccccc1OC(F)F)NS(=O)(=O)c1ccccc1OC(F)F. The predicted octanol–water partition coefficient (Wildman–Crippen LogP) is 1.87. The van der Waals surface area contributed by atoms with Gasteiger partial charge in [-0.2, -0.15) is 26.0 Å². The first-order chi connectivity index (χ1) is 13.9. The molecule has 15 heteroatoms. The lowest BCUT2D eigenvalue weighted by Crippen LogP contribution is -2.37. The maximum absolute atomic E-state index is 12.5. The number of alkyl halides is 4. The first kappa shape index (κ1) is 23.2. The minimum atomic E-state index is -4.79. The van der Waals surface area contributed by atoms with Crippen LogP contribution < -0.4 is 19.9 Å². The average Bonchev–Trinajstić information content (AvgIpc) is 2.60. The zero-order valence-corrected chi connectivity index (χ0v) is 16.2. The number of hydrogen-bond donors (Lipinski definition) is 2. The molecule has 0 aliphatic rings. The molecule has 0 aliphatic carbocycles. The number of rotatable bonds is 8. The number of benzene rings is 2. The van der Waals surface area contributed by atoms with E-state index in [0.29, 0.717) is 0 Å². The summed E-state index contributed by atoms with van der Waals surface area (Å²) in [6.45, 7) is -6.67. The van der Waals surface area contributed by atoms with Crippen LogP contribution in [0.15, 0.2) is 62.7 Å². The van der Waals surface area contributed by atoms with Crippen molar-refractivity contribution in [3.8, 4) is 11.5 Å². The van der Waals surface area contributed by atoms with Crippen LogP contribution in [0.1, 0.15) is 0 Å². The van der Waals surface area contributed by atoms with E-state index in [4.69, 9.17) is 5.73 Å². The molecule has 0 fully saturated rings. The van der Waals surface area contributed by atoms with Crippen molar-refractivity contribution in [3.05, 3.63) is 48.5 Å². The molecule has 2 rings (SSSR count). The van der Waals surface area contributed by atoms with E-state index in [2.05, 4.69) is 13.9 Å². The summed E-state index contributed by atoms with van der Waals surface area (Å²) in [7, 11) is -9.49. The van der Waals surface area contributed by atoms with Gasteiger partial charge in [0.1, 0.15) is 21.3 Å². The van der Waals surface area contributed by atoms with Gasteiger partial charge in [0.25, 0.3) is 20.0 Å². The Bertz CT molecular complexity index is 1140. The van der Waals surface area contributed by atoms with Crippen molar-refractivity contribution in [2.45, 2.75) is 23.0 Å². The Hall–Kier alpha value is -3.07. The number of nitrogens with one attached hydrogen (secondary N) is 1. The van der Waals surface area contributed by atoms with Crippen LogP contribution in [-0.2, 0) is 20.0 Å². The largest absolute Gasteiger partial charge is 0.433 e. The Kier molecular flexibility index (Phi) is 7.09. The van der Waals surface area contributed by atoms with E-state index >= 15 is 0 Å². The van der Waals surface area contributed by atoms with Gasteiger partial charge in [-0.25, -0.2) is 13.1 Å². The maximum Gasteiger partial charge on any atom is 0.387 e. The fraction of sp³-hybridized carbons (Fsp3) is 0.133. The summed E-state index contributed by atoms with van der Waals surface area (Å²) in [5.41, 5.74) is 5.33. The van der Waals surface area contributed by atoms with E-state index in [-0.39, 0.29) is 0 Å². The lowest BCUT2D eigenvalue weighted by Gasteiger charge is -2.12. The zero-order valence-electron chi connectivity index (χ0n) is 14.6. The third kappa shape index (κ3) is 5.96. The molecule has 30 heavy (non-hydrogen) atoms. The molecule has 164 valence electrons. The number of sulfonamides is 2. The monoisotopic (exact) mass is 471 g/mol. The van der Waals surface area contributed by atoms with Gasteiger partial charge in [0.2, 0.25) is 5.96 Å². The second-order valence-corrected chi connectivity index (χ2v) is 8.43. The molecule has 0 atom stereocenters. The Balaban J connectivity index is 2.37. The lowest BCUT2D eigenvalue weighted by molar-refractivity contribution is -0.0524. The van der Waals surface area contributed by atoms with E-state index in [0.717, 1.165) is 24.3 Å². The summed E-state index contributed by atoms with van der Waals surface area (Å²) in [5.74, 6) is -2.66. The first-order valence-electron chi connectivity index (χ1n) is 7.63. The van der Waals surface area contributed by atoms with Gasteiger partial charge in [0, 0.05) is 0 Å². The van der Waals surface area contributed by atoms with Crippen LogP contribution in [0, 0.1) is 0 Å². The minimum absolute atomic E-state index is 0.730. The number of guanidine groups is 1. The van der Waals surface area contributed by atoms with Crippen molar-refractivity contribution >= 4 is 26.0 Å². The van der Waals surface area contributed by atoms with E-state index in [9.17, 15) is 34.4 Å². The second kappa shape index (κ2) is 9.17. The average molecular weight is 471 g/mol. The molecule has 2 aromatic carbocycles. The molecular formula is C15H13F4N3O6S2. The van der Waals surface area contributed by atoms with Crippen LogP contribution in [-0.4, -0.2) is 36.0 Å². The van der Waals surface area contributed by atoms with Gasteiger partial charge in [-0.15, -0.1) is 4.40 Å². The molecule has 0 unspecified atom stereocenters. The van der Waals surface area contributed by atoms with Crippen molar-refractivity contribution in [2.75, 3.05) is 0 Å². The summed E-state index contributed by atoms with van der Waals surface area (Å²) < 4.78 is 112. The first-order valence-corrected chi connectivity index (χ1v) is 10.6. The van der Waals surface area contributed by atoms with Gasteiger partial charge in [-0.3, -0.25) is 0 Å². The standard InChI is InChI=1S/C15H13F4N3O6S2/c16-13(17)27-9-5-1-3-7-11(9)29(23,24)21-15(20)22-30(25,26)12-8-4-2-6-10(12)28-14(18)19/h1-8,13-14H,(H3,20,21,22). The topological polar surface area (TPSA) is 137 Å². The predicted molar refractivity (Wildman–Crippen MR) is 95.3 cm³/mol. The van der Waals surface area contributed by atoms with Crippen molar-refractivity contribution < 1.29 is 43.9 Å². The Morgan fingerprint density at radius 1 is 0.833 bits per heavy atom. The molecule has 0 aromatic heterocycles. The highest BCUT2D eigenvalue weighted by molar-refractivity contribution is 7.91. The number of para-hydroxylation sites is 2. The van der Waals surface area contributed by atoms with Crippen LogP contribution in [0.3, 0.4) is 0 Å². The lowest BCUT2D eigenvalue weighted by atomic mass is 10.3. The van der Waals surface area contributed by atoms with Crippen LogP contribution in [0.4, 0.5) is 17.6 Å². The molecule has 0 saturated carbocycles.